The maximum Gasteiger partial charge on any atom is 0.103 e. The summed E-state index contributed by atoms with van der Waals surface area (Å²) in [4.78, 5) is 2.34. The number of likely N-dealkylation sites (N-methyl/N-ethyl adjacent to an activating group) is 1. The maximum absolute atomic E-state index is 9.27. The molecule has 3 nitrogen and oxygen atoms in total. The summed E-state index contributed by atoms with van der Waals surface area (Å²) < 4.78 is 0. The number of nitrogens with zero attached hydrogens (tertiary/aromatic N) is 2. The summed E-state index contributed by atoms with van der Waals surface area (Å²) >= 11 is 6.10. The van der Waals surface area contributed by atoms with E-state index in [4.69, 9.17) is 11.6 Å². The molecule has 2 atom stereocenters. The lowest BCUT2D eigenvalue weighted by atomic mass is 9.75. The van der Waals surface area contributed by atoms with E-state index in [0.717, 1.165) is 18.2 Å². The van der Waals surface area contributed by atoms with Crippen LogP contribution in [-0.2, 0) is 0 Å². The molecule has 0 spiro atoms. The predicted octanol–water partition coefficient (Wildman–Crippen LogP) is 4.13. The van der Waals surface area contributed by atoms with Gasteiger partial charge in [0.2, 0.25) is 0 Å². The van der Waals surface area contributed by atoms with Crippen molar-refractivity contribution in [2.24, 2.45) is 5.92 Å². The molecule has 0 bridgehead atoms. The molecular weight excluding hydrogens is 282 g/mol. The van der Waals surface area contributed by atoms with Crippen LogP contribution in [0, 0.1) is 17.2 Å². The Bertz CT molecular complexity index is 535. The number of hydrogen-bond donors (Lipinski definition) is 1. The Balaban J connectivity index is 2.17. The molecule has 114 valence electrons. The molecule has 21 heavy (non-hydrogen) atoms. The molecule has 0 heterocycles. The molecule has 1 N–H and O–H groups in total. The summed E-state index contributed by atoms with van der Waals surface area (Å²) in [5, 5.41) is 13.2. The van der Waals surface area contributed by atoms with Gasteiger partial charge in [0.05, 0.1) is 16.3 Å². The zero-order valence-electron chi connectivity index (χ0n) is 13.1. The van der Waals surface area contributed by atoms with Crippen LogP contribution < -0.4 is 5.32 Å². The van der Waals surface area contributed by atoms with Crippen molar-refractivity contribution in [3.8, 4) is 6.07 Å². The minimum atomic E-state index is 0.159. The molecule has 0 amide bonds. The van der Waals surface area contributed by atoms with Gasteiger partial charge in [-0.05, 0) is 45.0 Å². The van der Waals surface area contributed by atoms with Crippen LogP contribution in [0.2, 0.25) is 5.02 Å². The smallest absolute Gasteiger partial charge is 0.103 e. The highest BCUT2D eigenvalue weighted by Crippen LogP contribution is 2.36. The molecular formula is C17H24ClN3. The number of anilines is 1. The van der Waals surface area contributed by atoms with Gasteiger partial charge in [-0.15, -0.1) is 0 Å². The lowest BCUT2D eigenvalue weighted by Crippen LogP contribution is -2.52. The molecule has 0 saturated heterocycles. The first kappa shape index (κ1) is 16.1. The third kappa shape index (κ3) is 3.51. The van der Waals surface area contributed by atoms with E-state index in [9.17, 15) is 5.26 Å². The maximum atomic E-state index is 9.27. The minimum Gasteiger partial charge on any atom is -0.382 e. The van der Waals surface area contributed by atoms with Crippen LogP contribution in [0.4, 0.5) is 5.69 Å². The van der Waals surface area contributed by atoms with E-state index in [0.29, 0.717) is 10.6 Å². The number of nitriles is 1. The summed E-state index contributed by atoms with van der Waals surface area (Å²) in [5.74, 6) is 0.748. The van der Waals surface area contributed by atoms with Gasteiger partial charge in [-0.2, -0.15) is 5.26 Å². The third-order valence-corrected chi connectivity index (χ3v) is 5.06. The zero-order chi connectivity index (χ0) is 15.5. The van der Waals surface area contributed by atoms with Gasteiger partial charge >= 0.3 is 0 Å². The lowest BCUT2D eigenvalue weighted by molar-refractivity contribution is 0.0882. The summed E-state index contributed by atoms with van der Waals surface area (Å²) in [6, 6.07) is 7.77. The predicted molar refractivity (Wildman–Crippen MR) is 88.7 cm³/mol. The van der Waals surface area contributed by atoms with E-state index in [1.165, 1.54) is 25.7 Å². The normalized spacial score (nSPS) is 25.6. The van der Waals surface area contributed by atoms with Gasteiger partial charge in [0, 0.05) is 12.1 Å². The molecule has 0 radical (unpaired) electrons. The Morgan fingerprint density at radius 2 is 2.24 bits per heavy atom. The van der Waals surface area contributed by atoms with Gasteiger partial charge in [-0.25, -0.2) is 0 Å². The van der Waals surface area contributed by atoms with Crippen molar-refractivity contribution in [1.29, 1.82) is 5.26 Å². The summed E-state index contributed by atoms with van der Waals surface area (Å²) in [6.07, 6.45) is 4.97. The van der Waals surface area contributed by atoms with E-state index in [1.807, 2.05) is 12.1 Å². The molecule has 2 rings (SSSR count). The minimum absolute atomic E-state index is 0.159. The quantitative estimate of drug-likeness (QED) is 0.909. The molecule has 0 aliphatic heterocycles. The number of hydrogen-bond acceptors (Lipinski definition) is 3. The Kier molecular flexibility index (Phi) is 5.13. The molecule has 0 aromatic heterocycles. The van der Waals surface area contributed by atoms with Crippen LogP contribution in [0.5, 0.6) is 0 Å². The average molecular weight is 306 g/mol. The topological polar surface area (TPSA) is 39.1 Å². The van der Waals surface area contributed by atoms with Gasteiger partial charge in [0.25, 0.3) is 0 Å². The molecule has 1 aromatic carbocycles. The van der Waals surface area contributed by atoms with Crippen molar-refractivity contribution in [1.82, 2.24) is 4.90 Å². The van der Waals surface area contributed by atoms with Crippen molar-refractivity contribution in [2.45, 2.75) is 38.1 Å². The van der Waals surface area contributed by atoms with Crippen molar-refractivity contribution in [3.63, 3.8) is 0 Å². The average Bonchev–Trinajstić information content (AvgIpc) is 2.45. The van der Waals surface area contributed by atoms with Crippen molar-refractivity contribution in [2.75, 3.05) is 26.0 Å². The lowest BCUT2D eigenvalue weighted by Gasteiger charge is -2.45. The van der Waals surface area contributed by atoms with E-state index in [-0.39, 0.29) is 5.54 Å². The first-order chi connectivity index (χ1) is 9.98. The van der Waals surface area contributed by atoms with Crippen molar-refractivity contribution in [3.05, 3.63) is 28.8 Å². The first-order valence-electron chi connectivity index (χ1n) is 7.58. The largest absolute Gasteiger partial charge is 0.382 e. The molecule has 1 aliphatic rings. The summed E-state index contributed by atoms with van der Waals surface area (Å²) in [7, 11) is 4.31. The fourth-order valence-electron chi connectivity index (χ4n) is 3.40. The number of rotatable bonds is 4. The van der Waals surface area contributed by atoms with E-state index >= 15 is 0 Å². The number of halogens is 1. The van der Waals surface area contributed by atoms with Crippen LogP contribution >= 0.6 is 11.6 Å². The fraction of sp³-hybridized carbons (Fsp3) is 0.588. The number of benzene rings is 1. The standard InChI is InChI=1S/C17H24ClN3/c1-13-6-5-9-17(10-13,21(2)3)12-20-16-8-4-7-15(18)14(16)11-19/h4,7-8,13,20H,5-6,9-10,12H2,1-3H3. The second-order valence-electron chi connectivity index (χ2n) is 6.45. The Labute approximate surface area is 132 Å². The summed E-state index contributed by atoms with van der Waals surface area (Å²) in [6.45, 7) is 3.18. The SMILES string of the molecule is CC1CCCC(CNc2cccc(Cl)c2C#N)(N(C)C)C1. The van der Waals surface area contributed by atoms with Gasteiger partial charge < -0.3 is 10.2 Å². The van der Waals surface area contributed by atoms with Crippen LogP contribution in [0.25, 0.3) is 0 Å². The Morgan fingerprint density at radius 3 is 2.86 bits per heavy atom. The number of nitrogens with one attached hydrogen (secondary N) is 1. The van der Waals surface area contributed by atoms with Crippen LogP contribution in [0.3, 0.4) is 0 Å². The monoisotopic (exact) mass is 305 g/mol. The van der Waals surface area contributed by atoms with Gasteiger partial charge in [-0.3, -0.25) is 0 Å². The second kappa shape index (κ2) is 6.68. The van der Waals surface area contributed by atoms with Gasteiger partial charge in [-0.1, -0.05) is 37.4 Å². The molecule has 1 fully saturated rings. The van der Waals surface area contributed by atoms with Crippen LogP contribution in [0.1, 0.15) is 38.2 Å². The third-order valence-electron chi connectivity index (χ3n) is 4.75. The van der Waals surface area contributed by atoms with Gasteiger partial charge in [0.15, 0.2) is 0 Å². The fourth-order valence-corrected chi connectivity index (χ4v) is 3.62. The van der Waals surface area contributed by atoms with Crippen LogP contribution in [-0.4, -0.2) is 31.1 Å². The van der Waals surface area contributed by atoms with E-state index in [2.05, 4.69) is 37.3 Å². The zero-order valence-corrected chi connectivity index (χ0v) is 13.9. The molecule has 1 aliphatic carbocycles. The molecule has 1 aromatic rings. The summed E-state index contributed by atoms with van der Waals surface area (Å²) in [5.41, 5.74) is 1.54. The van der Waals surface area contributed by atoms with E-state index < -0.39 is 0 Å². The Morgan fingerprint density at radius 1 is 1.48 bits per heavy atom. The van der Waals surface area contributed by atoms with Crippen LogP contribution in [0.15, 0.2) is 18.2 Å². The highest BCUT2D eigenvalue weighted by atomic mass is 35.5. The van der Waals surface area contributed by atoms with Gasteiger partial charge in [0.1, 0.15) is 6.07 Å². The Hall–Kier alpha value is -1.24. The van der Waals surface area contributed by atoms with Crippen molar-refractivity contribution >= 4 is 17.3 Å². The van der Waals surface area contributed by atoms with Crippen molar-refractivity contribution < 1.29 is 0 Å². The highest BCUT2D eigenvalue weighted by molar-refractivity contribution is 6.32. The van der Waals surface area contributed by atoms with E-state index in [1.54, 1.807) is 6.07 Å². The molecule has 4 heteroatoms. The highest BCUT2D eigenvalue weighted by Gasteiger charge is 2.36. The molecule has 1 saturated carbocycles. The molecule has 2 unspecified atom stereocenters. The first-order valence-corrected chi connectivity index (χ1v) is 7.96. The second-order valence-corrected chi connectivity index (χ2v) is 6.86.